The molecule has 0 N–H and O–H groups in total. The molecule has 1 aromatic heterocycles. The lowest BCUT2D eigenvalue weighted by Crippen LogP contribution is -2.38. The Kier molecular flexibility index (Phi) is 6.81. The van der Waals surface area contributed by atoms with E-state index in [1.54, 1.807) is 26.2 Å². The van der Waals surface area contributed by atoms with Crippen molar-refractivity contribution >= 4 is 38.4 Å². The average Bonchev–Trinajstić information content (AvgIpc) is 3.20. The number of pyridine rings is 1. The number of methoxy groups -OCH3 is 2. The fourth-order valence-corrected chi connectivity index (χ4v) is 6.62. The second kappa shape index (κ2) is 9.61. The minimum atomic E-state index is -3.05. The van der Waals surface area contributed by atoms with E-state index in [9.17, 15) is 13.2 Å². The van der Waals surface area contributed by atoms with Gasteiger partial charge in [-0.3, -0.25) is 4.79 Å². The zero-order chi connectivity index (χ0) is 23.6. The van der Waals surface area contributed by atoms with Gasteiger partial charge in [0.2, 0.25) is 5.91 Å². The van der Waals surface area contributed by atoms with Crippen molar-refractivity contribution in [1.82, 2.24) is 9.88 Å². The van der Waals surface area contributed by atoms with Crippen molar-refractivity contribution in [3.05, 3.63) is 48.5 Å². The Hall–Kier alpha value is -2.78. The van der Waals surface area contributed by atoms with Gasteiger partial charge in [-0.25, -0.2) is 13.4 Å². The number of ether oxygens (including phenoxy) is 2. The maximum Gasteiger partial charge on any atom is 0.233 e. The minimum Gasteiger partial charge on any atom is -0.497 e. The Labute approximate surface area is 198 Å². The van der Waals surface area contributed by atoms with Crippen LogP contribution >= 0.6 is 11.8 Å². The molecular formula is C24H26N2O5S2. The first kappa shape index (κ1) is 23.4. The van der Waals surface area contributed by atoms with Crippen LogP contribution < -0.4 is 9.47 Å². The van der Waals surface area contributed by atoms with Gasteiger partial charge in [0.1, 0.15) is 11.5 Å². The number of aromatic nitrogens is 1. The van der Waals surface area contributed by atoms with Crippen LogP contribution in [0, 0.1) is 0 Å². The van der Waals surface area contributed by atoms with Gasteiger partial charge in [-0.2, -0.15) is 0 Å². The number of thioether (sulfide) groups is 1. The third-order valence-electron chi connectivity index (χ3n) is 5.86. The Balaban J connectivity index is 1.66. The number of sulfone groups is 1. The van der Waals surface area contributed by atoms with Crippen molar-refractivity contribution in [2.75, 3.05) is 38.5 Å². The van der Waals surface area contributed by atoms with Gasteiger partial charge in [-0.05, 0) is 23.6 Å². The zero-order valence-corrected chi connectivity index (χ0v) is 20.4. The summed E-state index contributed by atoms with van der Waals surface area (Å²) in [6.45, 7) is 0. The summed E-state index contributed by atoms with van der Waals surface area (Å²) in [7, 11) is 1.83. The molecule has 174 valence electrons. The highest BCUT2D eigenvalue weighted by Crippen LogP contribution is 2.39. The first-order valence-electron chi connectivity index (χ1n) is 10.5. The van der Waals surface area contributed by atoms with Crippen LogP contribution in [0.15, 0.2) is 53.6 Å². The third kappa shape index (κ3) is 5.09. The number of hydrogen-bond donors (Lipinski definition) is 0. The molecule has 1 aliphatic heterocycles. The molecule has 2 aromatic carbocycles. The van der Waals surface area contributed by atoms with Crippen LogP contribution in [0.25, 0.3) is 22.0 Å². The molecule has 0 bridgehead atoms. The molecule has 4 rings (SSSR count). The summed E-state index contributed by atoms with van der Waals surface area (Å²) in [6.07, 6.45) is 0.487. The van der Waals surface area contributed by atoms with Crippen LogP contribution in [0.5, 0.6) is 11.5 Å². The molecule has 0 aliphatic carbocycles. The predicted octanol–water partition coefficient (Wildman–Crippen LogP) is 3.66. The molecule has 2 heterocycles. The van der Waals surface area contributed by atoms with Gasteiger partial charge in [0.05, 0.1) is 47.4 Å². The van der Waals surface area contributed by atoms with Crippen LogP contribution in [0.4, 0.5) is 0 Å². The average molecular weight is 487 g/mol. The van der Waals surface area contributed by atoms with Gasteiger partial charge < -0.3 is 14.4 Å². The van der Waals surface area contributed by atoms with Crippen molar-refractivity contribution in [1.29, 1.82) is 0 Å². The zero-order valence-electron chi connectivity index (χ0n) is 18.8. The summed E-state index contributed by atoms with van der Waals surface area (Å²) in [6, 6.07) is 15.3. The van der Waals surface area contributed by atoms with E-state index in [1.807, 2.05) is 48.5 Å². The molecule has 0 saturated carbocycles. The lowest BCUT2D eigenvalue weighted by molar-refractivity contribution is -0.128. The molecule has 1 amide bonds. The summed E-state index contributed by atoms with van der Waals surface area (Å²) in [5, 5.41) is 1.56. The number of rotatable bonds is 7. The number of hydrogen-bond acceptors (Lipinski definition) is 7. The molecule has 0 spiro atoms. The topological polar surface area (TPSA) is 85.8 Å². The maximum atomic E-state index is 12.8. The predicted molar refractivity (Wildman–Crippen MR) is 131 cm³/mol. The van der Waals surface area contributed by atoms with Gasteiger partial charge in [-0.1, -0.05) is 42.1 Å². The highest BCUT2D eigenvalue weighted by Gasteiger charge is 2.32. The lowest BCUT2D eigenvalue weighted by Gasteiger charge is -2.23. The molecule has 0 radical (unpaired) electrons. The lowest BCUT2D eigenvalue weighted by atomic mass is 10.0. The van der Waals surface area contributed by atoms with Gasteiger partial charge in [0.15, 0.2) is 9.84 Å². The van der Waals surface area contributed by atoms with E-state index in [-0.39, 0.29) is 29.2 Å². The third-order valence-corrected chi connectivity index (χ3v) is 8.50. The van der Waals surface area contributed by atoms with Crippen molar-refractivity contribution in [2.24, 2.45) is 0 Å². The van der Waals surface area contributed by atoms with Gasteiger partial charge >= 0.3 is 0 Å². The monoisotopic (exact) mass is 486 g/mol. The molecule has 1 fully saturated rings. The van der Waals surface area contributed by atoms with Gasteiger partial charge in [-0.15, -0.1) is 0 Å². The highest BCUT2D eigenvalue weighted by atomic mass is 32.2. The van der Waals surface area contributed by atoms with Crippen molar-refractivity contribution < 1.29 is 22.7 Å². The number of carbonyl (C=O) groups excluding carboxylic acids is 1. The normalized spacial score (nSPS) is 17.1. The van der Waals surface area contributed by atoms with E-state index in [4.69, 9.17) is 14.5 Å². The van der Waals surface area contributed by atoms with E-state index >= 15 is 0 Å². The fourth-order valence-electron chi connectivity index (χ4n) is 4.00. The van der Waals surface area contributed by atoms with Crippen LogP contribution in [0.2, 0.25) is 0 Å². The summed E-state index contributed by atoms with van der Waals surface area (Å²) in [5.41, 5.74) is 2.66. The Bertz CT molecular complexity index is 1280. The Morgan fingerprint density at radius 2 is 1.91 bits per heavy atom. The van der Waals surface area contributed by atoms with Gasteiger partial charge in [0, 0.05) is 25.2 Å². The SMILES string of the molecule is COc1cc(OC)c2c(-c3ccccc3)cc(SCC(=O)N(C)[C@H]3CCS(=O)(=O)C3)nc2c1. The van der Waals surface area contributed by atoms with Crippen LogP contribution in [-0.4, -0.2) is 68.8 Å². The summed E-state index contributed by atoms with van der Waals surface area (Å²) < 4.78 is 34.6. The molecule has 1 saturated heterocycles. The van der Waals surface area contributed by atoms with Crippen LogP contribution in [-0.2, 0) is 14.6 Å². The molecule has 3 aromatic rings. The molecule has 1 atom stereocenters. The second-order valence-electron chi connectivity index (χ2n) is 7.95. The molecule has 1 aliphatic rings. The first-order chi connectivity index (χ1) is 15.8. The smallest absolute Gasteiger partial charge is 0.233 e. The van der Waals surface area contributed by atoms with Crippen LogP contribution in [0.3, 0.4) is 0 Å². The fraction of sp³-hybridized carbons (Fsp3) is 0.333. The van der Waals surface area contributed by atoms with E-state index in [0.717, 1.165) is 16.5 Å². The molecule has 7 nitrogen and oxygen atoms in total. The second-order valence-corrected chi connectivity index (χ2v) is 11.2. The van der Waals surface area contributed by atoms with E-state index in [1.165, 1.54) is 11.8 Å². The van der Waals surface area contributed by atoms with E-state index < -0.39 is 9.84 Å². The Morgan fingerprint density at radius 3 is 2.55 bits per heavy atom. The standard InChI is InChI=1S/C24H26N2O5S2/c1-26(17-9-10-33(28,29)15-17)23(27)14-32-22-13-19(16-7-5-4-6-8-16)24-20(25-22)11-18(30-2)12-21(24)31-3/h4-8,11-13,17H,9-10,14-15H2,1-3H3/t17-/m0/s1. The van der Waals surface area contributed by atoms with Crippen molar-refractivity contribution in [3.63, 3.8) is 0 Å². The number of benzene rings is 2. The minimum absolute atomic E-state index is 0.0336. The number of fused-ring (bicyclic) bond motifs is 1. The number of carbonyl (C=O) groups is 1. The largest absolute Gasteiger partial charge is 0.497 e. The first-order valence-corrected chi connectivity index (χ1v) is 13.3. The molecule has 0 unspecified atom stereocenters. The summed E-state index contributed by atoms with van der Waals surface area (Å²) in [5.74, 6) is 1.51. The summed E-state index contributed by atoms with van der Waals surface area (Å²) in [4.78, 5) is 19.1. The molecule has 9 heteroatoms. The van der Waals surface area contributed by atoms with Crippen molar-refractivity contribution in [3.8, 4) is 22.6 Å². The maximum absolute atomic E-state index is 12.8. The van der Waals surface area contributed by atoms with Crippen molar-refractivity contribution in [2.45, 2.75) is 17.5 Å². The highest BCUT2D eigenvalue weighted by molar-refractivity contribution is 7.99. The quantitative estimate of drug-likeness (QED) is 0.471. The molecule has 33 heavy (non-hydrogen) atoms. The van der Waals surface area contributed by atoms with Gasteiger partial charge in [0.25, 0.3) is 0 Å². The molecular weight excluding hydrogens is 460 g/mol. The number of amides is 1. The van der Waals surface area contributed by atoms with Crippen LogP contribution in [0.1, 0.15) is 6.42 Å². The van der Waals surface area contributed by atoms with E-state index in [2.05, 4.69) is 0 Å². The number of nitrogens with zero attached hydrogens (tertiary/aromatic N) is 2. The Morgan fingerprint density at radius 1 is 1.15 bits per heavy atom. The summed E-state index contributed by atoms with van der Waals surface area (Å²) >= 11 is 1.33. The van der Waals surface area contributed by atoms with E-state index in [0.29, 0.717) is 28.5 Å².